The molecule has 0 bridgehead atoms. The standard InChI is InChI=1S/C29H35NO5/c1-5-35-22-13-9-10-19(16-22)26-25(28(32)29(33)30(26)21-11-7-6-8-12-21)27(31)20-14-15-24(34-4)23(17-20)18(2)3/h9-10,13-18,21,26,31H,5-8,11-12H2,1-4H3/b27-25+. The summed E-state index contributed by atoms with van der Waals surface area (Å²) in [5, 5.41) is 11.5. The molecule has 0 spiro atoms. The molecule has 1 aliphatic carbocycles. The van der Waals surface area contributed by atoms with Crippen molar-refractivity contribution in [2.24, 2.45) is 0 Å². The van der Waals surface area contributed by atoms with Gasteiger partial charge in [-0.2, -0.15) is 0 Å². The molecule has 6 heteroatoms. The van der Waals surface area contributed by atoms with E-state index in [4.69, 9.17) is 9.47 Å². The van der Waals surface area contributed by atoms with Crippen LogP contribution < -0.4 is 9.47 Å². The van der Waals surface area contributed by atoms with Gasteiger partial charge in [0.1, 0.15) is 17.3 Å². The van der Waals surface area contributed by atoms with Crippen molar-refractivity contribution in [2.75, 3.05) is 13.7 Å². The smallest absolute Gasteiger partial charge is 0.295 e. The van der Waals surface area contributed by atoms with Crippen LogP contribution in [0.25, 0.3) is 5.76 Å². The van der Waals surface area contributed by atoms with Crippen molar-refractivity contribution in [1.29, 1.82) is 0 Å². The highest BCUT2D eigenvalue weighted by molar-refractivity contribution is 6.46. The lowest BCUT2D eigenvalue weighted by atomic mass is 9.90. The van der Waals surface area contributed by atoms with Gasteiger partial charge in [-0.15, -0.1) is 0 Å². The number of hydrogen-bond donors (Lipinski definition) is 1. The Morgan fingerprint density at radius 1 is 1.09 bits per heavy atom. The number of carbonyl (C=O) groups excluding carboxylic acids is 2. The van der Waals surface area contributed by atoms with Gasteiger partial charge in [0.05, 0.1) is 25.3 Å². The van der Waals surface area contributed by atoms with E-state index in [1.165, 1.54) is 0 Å². The number of nitrogens with zero attached hydrogens (tertiary/aromatic N) is 1. The maximum atomic E-state index is 13.4. The molecule has 2 aromatic carbocycles. The molecule has 2 aromatic rings. The number of likely N-dealkylation sites (tertiary alicyclic amines) is 1. The second-order valence-corrected chi connectivity index (χ2v) is 9.62. The SMILES string of the molecule is CCOc1cccc(C2/C(=C(\O)c3ccc(OC)c(C(C)C)c3)C(=O)C(=O)N2C2CCCCC2)c1. The van der Waals surface area contributed by atoms with Crippen molar-refractivity contribution in [3.05, 3.63) is 64.7 Å². The van der Waals surface area contributed by atoms with Crippen LogP contribution in [0.3, 0.4) is 0 Å². The number of aliphatic hydroxyl groups is 1. The third-order valence-electron chi connectivity index (χ3n) is 7.06. The fraction of sp³-hybridized carbons (Fsp3) is 0.448. The van der Waals surface area contributed by atoms with E-state index in [-0.39, 0.29) is 23.3 Å². The van der Waals surface area contributed by atoms with Gasteiger partial charge in [-0.25, -0.2) is 0 Å². The normalized spacial score (nSPS) is 20.5. The maximum Gasteiger partial charge on any atom is 0.295 e. The fourth-order valence-electron chi connectivity index (χ4n) is 5.34. The molecule has 2 aliphatic rings. The Morgan fingerprint density at radius 3 is 2.49 bits per heavy atom. The minimum atomic E-state index is -0.664. The summed E-state index contributed by atoms with van der Waals surface area (Å²) >= 11 is 0. The first kappa shape index (κ1) is 24.8. The Hall–Kier alpha value is -3.28. The molecule has 4 rings (SSSR count). The van der Waals surface area contributed by atoms with Crippen LogP contribution in [-0.2, 0) is 9.59 Å². The van der Waals surface area contributed by atoms with Gasteiger partial charge in [-0.3, -0.25) is 9.59 Å². The zero-order valence-electron chi connectivity index (χ0n) is 21.0. The third kappa shape index (κ3) is 4.79. The van der Waals surface area contributed by atoms with Gasteiger partial charge in [0.25, 0.3) is 11.7 Å². The van der Waals surface area contributed by atoms with Crippen molar-refractivity contribution >= 4 is 17.4 Å². The highest BCUT2D eigenvalue weighted by Gasteiger charge is 2.49. The lowest BCUT2D eigenvalue weighted by Crippen LogP contribution is -2.40. The molecular formula is C29H35NO5. The summed E-state index contributed by atoms with van der Waals surface area (Å²) in [5.74, 6) is 0.217. The monoisotopic (exact) mass is 477 g/mol. The van der Waals surface area contributed by atoms with E-state index in [0.717, 1.165) is 49.0 Å². The number of amides is 1. The molecule has 1 saturated carbocycles. The molecule has 186 valence electrons. The van der Waals surface area contributed by atoms with Gasteiger partial charge >= 0.3 is 0 Å². The van der Waals surface area contributed by atoms with E-state index in [9.17, 15) is 14.7 Å². The van der Waals surface area contributed by atoms with E-state index < -0.39 is 17.7 Å². The number of aliphatic hydroxyl groups excluding tert-OH is 1. The lowest BCUT2D eigenvalue weighted by molar-refractivity contribution is -0.141. The number of benzene rings is 2. The molecule has 0 aromatic heterocycles. The van der Waals surface area contributed by atoms with Crippen LogP contribution >= 0.6 is 0 Å². The van der Waals surface area contributed by atoms with Crippen LogP contribution in [0.5, 0.6) is 11.5 Å². The number of Topliss-reactive ketones (excluding diaryl/α,β-unsaturated/α-hetero) is 1. The highest BCUT2D eigenvalue weighted by Crippen LogP contribution is 2.44. The van der Waals surface area contributed by atoms with Gasteiger partial charge in [-0.05, 0) is 67.1 Å². The number of ketones is 1. The first-order valence-corrected chi connectivity index (χ1v) is 12.6. The summed E-state index contributed by atoms with van der Waals surface area (Å²) in [7, 11) is 1.61. The second-order valence-electron chi connectivity index (χ2n) is 9.62. The summed E-state index contributed by atoms with van der Waals surface area (Å²) in [6.45, 7) is 6.51. The minimum Gasteiger partial charge on any atom is -0.507 e. The van der Waals surface area contributed by atoms with E-state index in [0.29, 0.717) is 17.9 Å². The predicted molar refractivity (Wildman–Crippen MR) is 136 cm³/mol. The van der Waals surface area contributed by atoms with Gasteiger partial charge in [0, 0.05) is 11.6 Å². The second kappa shape index (κ2) is 10.5. The Balaban J connectivity index is 1.88. The molecule has 1 heterocycles. The van der Waals surface area contributed by atoms with Crippen molar-refractivity contribution in [1.82, 2.24) is 4.90 Å². The van der Waals surface area contributed by atoms with Crippen LogP contribution in [0.15, 0.2) is 48.0 Å². The van der Waals surface area contributed by atoms with Gasteiger partial charge in [0.15, 0.2) is 0 Å². The van der Waals surface area contributed by atoms with Gasteiger partial charge in [-0.1, -0.05) is 45.2 Å². The summed E-state index contributed by atoms with van der Waals surface area (Å²) < 4.78 is 11.2. The summed E-state index contributed by atoms with van der Waals surface area (Å²) in [6.07, 6.45) is 4.89. The molecule has 1 amide bonds. The number of rotatable bonds is 7. The molecule has 2 fully saturated rings. The Bertz CT molecular complexity index is 1130. The number of carbonyl (C=O) groups is 2. The first-order valence-electron chi connectivity index (χ1n) is 12.6. The van der Waals surface area contributed by atoms with Gasteiger partial charge in [0.2, 0.25) is 0 Å². The molecule has 0 radical (unpaired) electrons. The largest absolute Gasteiger partial charge is 0.507 e. The highest BCUT2D eigenvalue weighted by atomic mass is 16.5. The zero-order valence-corrected chi connectivity index (χ0v) is 21.0. The van der Waals surface area contributed by atoms with Crippen LogP contribution in [-0.4, -0.2) is 41.5 Å². The quantitative estimate of drug-likeness (QED) is 0.302. The van der Waals surface area contributed by atoms with E-state index >= 15 is 0 Å². The van der Waals surface area contributed by atoms with E-state index in [2.05, 4.69) is 0 Å². The Morgan fingerprint density at radius 2 is 1.83 bits per heavy atom. The molecule has 1 unspecified atom stereocenters. The van der Waals surface area contributed by atoms with Gasteiger partial charge < -0.3 is 19.5 Å². The summed E-state index contributed by atoms with van der Waals surface area (Å²) in [5.41, 5.74) is 2.32. The van der Waals surface area contributed by atoms with Crippen LogP contribution in [0, 0.1) is 0 Å². The van der Waals surface area contributed by atoms with Crippen LogP contribution in [0.1, 0.15) is 81.5 Å². The fourth-order valence-corrected chi connectivity index (χ4v) is 5.34. The lowest BCUT2D eigenvalue weighted by Gasteiger charge is -2.35. The third-order valence-corrected chi connectivity index (χ3v) is 7.06. The average Bonchev–Trinajstić information content (AvgIpc) is 3.14. The van der Waals surface area contributed by atoms with Crippen LogP contribution in [0.2, 0.25) is 0 Å². The van der Waals surface area contributed by atoms with E-state index in [1.54, 1.807) is 24.1 Å². The van der Waals surface area contributed by atoms with Crippen molar-refractivity contribution in [3.8, 4) is 11.5 Å². The van der Waals surface area contributed by atoms with Crippen molar-refractivity contribution < 1.29 is 24.2 Å². The van der Waals surface area contributed by atoms with Crippen molar-refractivity contribution in [2.45, 2.75) is 70.9 Å². The topological polar surface area (TPSA) is 76.1 Å². The molecular weight excluding hydrogens is 442 g/mol. The number of ether oxygens (including phenoxy) is 2. The zero-order chi connectivity index (χ0) is 25.1. The number of methoxy groups -OCH3 is 1. The summed E-state index contributed by atoms with van der Waals surface area (Å²) in [6, 6.07) is 12.2. The molecule has 35 heavy (non-hydrogen) atoms. The summed E-state index contributed by atoms with van der Waals surface area (Å²) in [4.78, 5) is 28.6. The van der Waals surface area contributed by atoms with E-state index in [1.807, 2.05) is 51.1 Å². The molecule has 1 N–H and O–H groups in total. The maximum absolute atomic E-state index is 13.4. The first-order chi connectivity index (χ1) is 16.9. The molecule has 6 nitrogen and oxygen atoms in total. The predicted octanol–water partition coefficient (Wildman–Crippen LogP) is 5.97. The average molecular weight is 478 g/mol. The molecule has 1 aliphatic heterocycles. The van der Waals surface area contributed by atoms with Crippen LogP contribution in [0.4, 0.5) is 0 Å². The molecule has 1 saturated heterocycles. The Kier molecular flexibility index (Phi) is 7.48. The Labute approximate surface area is 207 Å². The minimum absolute atomic E-state index is 0.0339. The number of hydrogen-bond acceptors (Lipinski definition) is 5. The van der Waals surface area contributed by atoms with Crippen molar-refractivity contribution in [3.63, 3.8) is 0 Å². The molecule has 1 atom stereocenters.